The highest BCUT2D eigenvalue weighted by Gasteiger charge is 2.46. The van der Waals surface area contributed by atoms with E-state index in [9.17, 15) is 18.4 Å². The minimum absolute atomic E-state index is 0.358. The smallest absolute Gasteiger partial charge is 0.303 e. The molecule has 1 saturated heterocycles. The van der Waals surface area contributed by atoms with E-state index < -0.39 is 43.2 Å². The molecule has 1 amide bonds. The van der Waals surface area contributed by atoms with E-state index in [1.54, 1.807) is 6.07 Å². The molecule has 1 aliphatic heterocycles. The van der Waals surface area contributed by atoms with Crippen molar-refractivity contribution in [1.82, 2.24) is 4.90 Å². The number of aliphatic carboxylic acids is 1. The zero-order valence-electron chi connectivity index (χ0n) is 10.3. The average molecular weight is 262 g/mol. The van der Waals surface area contributed by atoms with Crippen LogP contribution in [-0.4, -0.2) is 40.4 Å². The van der Waals surface area contributed by atoms with Crippen molar-refractivity contribution < 1.29 is 23.5 Å². The summed E-state index contributed by atoms with van der Waals surface area (Å²) in [6, 6.07) is 0.460. The van der Waals surface area contributed by atoms with Gasteiger partial charge in [0.25, 0.3) is 5.92 Å². The number of hydrogen-bond acceptors (Lipinski definition) is 3. The van der Waals surface area contributed by atoms with Crippen molar-refractivity contribution in [1.29, 1.82) is 5.26 Å². The first kappa shape index (κ1) is 16.3. The van der Waals surface area contributed by atoms with Crippen molar-refractivity contribution in [2.75, 3.05) is 6.54 Å². The SMILES string of the molecule is CC.N#CC1CC(F)(F)CN1C(=O)CCC(=O)O. The summed E-state index contributed by atoms with van der Waals surface area (Å²) < 4.78 is 25.9. The molecule has 18 heavy (non-hydrogen) atoms. The van der Waals surface area contributed by atoms with E-state index in [0.29, 0.717) is 0 Å². The van der Waals surface area contributed by atoms with Gasteiger partial charge in [-0.2, -0.15) is 5.26 Å². The van der Waals surface area contributed by atoms with Gasteiger partial charge in [-0.15, -0.1) is 0 Å². The van der Waals surface area contributed by atoms with Gasteiger partial charge in [0.15, 0.2) is 0 Å². The summed E-state index contributed by atoms with van der Waals surface area (Å²) >= 11 is 0. The van der Waals surface area contributed by atoms with Gasteiger partial charge in [0.1, 0.15) is 6.04 Å². The van der Waals surface area contributed by atoms with Crippen LogP contribution in [0.15, 0.2) is 0 Å². The normalized spacial score (nSPS) is 20.6. The van der Waals surface area contributed by atoms with Gasteiger partial charge in [0.05, 0.1) is 19.0 Å². The minimum Gasteiger partial charge on any atom is -0.481 e. The van der Waals surface area contributed by atoms with E-state index in [0.717, 1.165) is 4.90 Å². The Bertz CT molecular complexity index is 353. The number of amides is 1. The lowest BCUT2D eigenvalue weighted by Crippen LogP contribution is -2.36. The minimum atomic E-state index is -3.06. The van der Waals surface area contributed by atoms with Crippen molar-refractivity contribution in [3.05, 3.63) is 0 Å². The molecule has 0 saturated carbocycles. The van der Waals surface area contributed by atoms with Crippen molar-refractivity contribution in [2.45, 2.75) is 45.1 Å². The standard InChI is InChI=1S/C9H10F2N2O3.C2H6/c10-9(11)3-6(4-12)13(5-9)7(14)1-2-8(15)16;1-2/h6H,1-3,5H2,(H,15,16);1-2H3. The lowest BCUT2D eigenvalue weighted by molar-refractivity contribution is -0.141. The number of halogens is 2. The van der Waals surface area contributed by atoms with Gasteiger partial charge in [-0.1, -0.05) is 13.8 Å². The molecule has 7 heteroatoms. The third kappa shape index (κ3) is 4.65. The Balaban J connectivity index is 0.00000137. The summed E-state index contributed by atoms with van der Waals surface area (Å²) in [5.41, 5.74) is 0. The number of likely N-dealkylation sites (tertiary alicyclic amines) is 1. The van der Waals surface area contributed by atoms with E-state index in [1.165, 1.54) is 0 Å². The predicted octanol–water partition coefficient (Wildman–Crippen LogP) is 1.64. The second-order valence-electron chi connectivity index (χ2n) is 3.62. The Morgan fingerprint density at radius 1 is 1.44 bits per heavy atom. The van der Waals surface area contributed by atoms with Crippen molar-refractivity contribution in [3.8, 4) is 6.07 Å². The maximum Gasteiger partial charge on any atom is 0.303 e. The number of hydrogen-bond donors (Lipinski definition) is 1. The summed E-state index contributed by atoms with van der Waals surface area (Å²) in [5, 5.41) is 16.9. The molecule has 1 N–H and O–H groups in total. The van der Waals surface area contributed by atoms with Gasteiger partial charge in [-0.3, -0.25) is 9.59 Å². The van der Waals surface area contributed by atoms with Crippen LogP contribution in [0.4, 0.5) is 8.78 Å². The Morgan fingerprint density at radius 3 is 2.44 bits per heavy atom. The lowest BCUT2D eigenvalue weighted by atomic mass is 10.2. The molecule has 0 radical (unpaired) electrons. The number of nitriles is 1. The van der Waals surface area contributed by atoms with Gasteiger partial charge >= 0.3 is 5.97 Å². The number of alkyl halides is 2. The number of carboxylic acids is 1. The summed E-state index contributed by atoms with van der Waals surface area (Å²) in [7, 11) is 0. The Morgan fingerprint density at radius 2 is 2.00 bits per heavy atom. The molecule has 0 aromatic heterocycles. The van der Waals surface area contributed by atoms with Crippen LogP contribution in [0.1, 0.15) is 33.1 Å². The predicted molar refractivity (Wildman–Crippen MR) is 58.9 cm³/mol. The zero-order chi connectivity index (χ0) is 14.3. The van der Waals surface area contributed by atoms with Crippen LogP contribution in [0.2, 0.25) is 0 Å². The van der Waals surface area contributed by atoms with E-state index in [2.05, 4.69) is 0 Å². The topological polar surface area (TPSA) is 81.4 Å². The highest BCUT2D eigenvalue weighted by atomic mass is 19.3. The molecule has 1 unspecified atom stereocenters. The van der Waals surface area contributed by atoms with Crippen LogP contribution in [-0.2, 0) is 9.59 Å². The quantitative estimate of drug-likeness (QED) is 0.838. The lowest BCUT2D eigenvalue weighted by Gasteiger charge is -2.18. The zero-order valence-corrected chi connectivity index (χ0v) is 10.3. The Hall–Kier alpha value is -1.71. The summed E-state index contributed by atoms with van der Waals surface area (Å²) in [5.74, 6) is -4.95. The highest BCUT2D eigenvalue weighted by molar-refractivity contribution is 5.81. The molecule has 0 aliphatic carbocycles. The van der Waals surface area contributed by atoms with Gasteiger partial charge in [0.2, 0.25) is 5.91 Å². The molecule has 1 aliphatic rings. The summed E-state index contributed by atoms with van der Waals surface area (Å²) in [6.45, 7) is 3.20. The fraction of sp³-hybridized carbons (Fsp3) is 0.727. The Kier molecular flexibility index (Phi) is 6.23. The third-order valence-corrected chi connectivity index (χ3v) is 2.29. The molecule has 0 spiro atoms. The molecule has 1 heterocycles. The molecule has 0 bridgehead atoms. The van der Waals surface area contributed by atoms with Crippen LogP contribution < -0.4 is 0 Å². The van der Waals surface area contributed by atoms with E-state index in [1.807, 2.05) is 13.8 Å². The van der Waals surface area contributed by atoms with Gasteiger partial charge in [-0.05, 0) is 0 Å². The number of carbonyl (C=O) groups is 2. The first-order valence-electron chi connectivity index (χ1n) is 5.64. The van der Waals surface area contributed by atoms with Crippen molar-refractivity contribution in [3.63, 3.8) is 0 Å². The van der Waals surface area contributed by atoms with Crippen molar-refractivity contribution in [2.24, 2.45) is 0 Å². The summed E-state index contributed by atoms with van der Waals surface area (Å²) in [4.78, 5) is 22.4. The first-order valence-corrected chi connectivity index (χ1v) is 5.64. The van der Waals surface area contributed by atoms with Crippen LogP contribution in [0.5, 0.6) is 0 Å². The van der Waals surface area contributed by atoms with Gasteiger partial charge in [0, 0.05) is 12.8 Å². The van der Waals surface area contributed by atoms with Crippen LogP contribution in [0.25, 0.3) is 0 Å². The largest absolute Gasteiger partial charge is 0.481 e. The van der Waals surface area contributed by atoms with E-state index in [4.69, 9.17) is 10.4 Å². The maximum atomic E-state index is 12.9. The summed E-state index contributed by atoms with van der Waals surface area (Å²) in [6.07, 6.45) is -1.45. The number of carbonyl (C=O) groups excluding carboxylic acids is 1. The molecule has 0 aromatic rings. The second-order valence-corrected chi connectivity index (χ2v) is 3.62. The third-order valence-electron chi connectivity index (χ3n) is 2.29. The molecule has 0 aromatic carbocycles. The maximum absolute atomic E-state index is 12.9. The Labute approximate surface area is 104 Å². The van der Waals surface area contributed by atoms with E-state index >= 15 is 0 Å². The fourth-order valence-electron chi connectivity index (χ4n) is 1.55. The van der Waals surface area contributed by atoms with Crippen LogP contribution in [0, 0.1) is 11.3 Å². The van der Waals surface area contributed by atoms with Crippen LogP contribution in [0.3, 0.4) is 0 Å². The molecule has 5 nitrogen and oxygen atoms in total. The first-order chi connectivity index (χ1) is 8.35. The number of carboxylic acid groups (broad SMARTS) is 1. The molecular weight excluding hydrogens is 246 g/mol. The van der Waals surface area contributed by atoms with Gasteiger partial charge < -0.3 is 10.0 Å². The second kappa shape index (κ2) is 6.89. The molecule has 1 rings (SSSR count). The molecule has 1 fully saturated rings. The number of rotatable bonds is 3. The molecule has 1 atom stereocenters. The fourth-order valence-corrected chi connectivity index (χ4v) is 1.55. The molecular formula is C11H16F2N2O3. The average Bonchev–Trinajstić information content (AvgIpc) is 2.64. The monoisotopic (exact) mass is 262 g/mol. The van der Waals surface area contributed by atoms with Gasteiger partial charge in [-0.25, -0.2) is 8.78 Å². The molecule has 102 valence electrons. The van der Waals surface area contributed by atoms with Crippen molar-refractivity contribution >= 4 is 11.9 Å². The highest BCUT2D eigenvalue weighted by Crippen LogP contribution is 2.32. The number of nitrogens with zero attached hydrogens (tertiary/aromatic N) is 2. The van der Waals surface area contributed by atoms with E-state index in [-0.39, 0.29) is 6.42 Å². The van der Waals surface area contributed by atoms with Crippen LogP contribution >= 0.6 is 0 Å².